The highest BCUT2D eigenvalue weighted by Gasteiger charge is 2.22. The van der Waals surface area contributed by atoms with Crippen LogP contribution in [-0.4, -0.2) is 19.7 Å². The van der Waals surface area contributed by atoms with Crippen LogP contribution >= 0.6 is 15.9 Å². The molecule has 0 amide bonds. The minimum absolute atomic E-state index is 0.799. The number of hydrogen-bond acceptors (Lipinski definition) is 2. The van der Waals surface area contributed by atoms with E-state index in [0.717, 1.165) is 44.2 Å². The van der Waals surface area contributed by atoms with Crippen LogP contribution in [0.2, 0.25) is 0 Å². The van der Waals surface area contributed by atoms with Crippen molar-refractivity contribution in [2.45, 2.75) is 12.8 Å². The smallest absolute Gasteiger partial charge is 0.125 e. The van der Waals surface area contributed by atoms with Crippen molar-refractivity contribution in [2.24, 2.45) is 5.92 Å². The molecule has 0 aliphatic carbocycles. The Hall–Kier alpha value is -0.540. The second kappa shape index (κ2) is 3.80. The van der Waals surface area contributed by atoms with E-state index in [-0.39, 0.29) is 0 Å². The van der Waals surface area contributed by atoms with E-state index in [4.69, 9.17) is 4.74 Å². The SMILES string of the molecule is Brc1cc2c(c(CC3CNC3)c1)OCC2. The first-order chi connectivity index (χ1) is 7.33. The number of nitrogens with one attached hydrogen (secondary N) is 1. The lowest BCUT2D eigenvalue weighted by Crippen LogP contribution is -2.43. The predicted molar refractivity (Wildman–Crippen MR) is 63.4 cm³/mol. The van der Waals surface area contributed by atoms with Crippen molar-refractivity contribution in [3.63, 3.8) is 0 Å². The van der Waals surface area contributed by atoms with E-state index in [1.165, 1.54) is 15.6 Å². The van der Waals surface area contributed by atoms with Crippen LogP contribution < -0.4 is 10.1 Å². The van der Waals surface area contributed by atoms with Crippen LogP contribution in [-0.2, 0) is 12.8 Å². The van der Waals surface area contributed by atoms with Crippen molar-refractivity contribution in [2.75, 3.05) is 19.7 Å². The van der Waals surface area contributed by atoms with E-state index < -0.39 is 0 Å². The summed E-state index contributed by atoms with van der Waals surface area (Å²) in [5, 5.41) is 3.31. The number of hydrogen-bond donors (Lipinski definition) is 1. The lowest BCUT2D eigenvalue weighted by molar-refractivity contribution is 0.328. The van der Waals surface area contributed by atoms with Gasteiger partial charge in [0.15, 0.2) is 0 Å². The van der Waals surface area contributed by atoms with E-state index in [9.17, 15) is 0 Å². The zero-order valence-electron chi connectivity index (χ0n) is 8.55. The second-order valence-corrected chi connectivity index (χ2v) is 5.30. The lowest BCUT2D eigenvalue weighted by Gasteiger charge is -2.27. The van der Waals surface area contributed by atoms with Crippen LogP contribution in [0.15, 0.2) is 16.6 Å². The summed E-state index contributed by atoms with van der Waals surface area (Å²) >= 11 is 3.57. The topological polar surface area (TPSA) is 21.3 Å². The van der Waals surface area contributed by atoms with Crippen molar-refractivity contribution < 1.29 is 4.74 Å². The quantitative estimate of drug-likeness (QED) is 0.887. The molecule has 1 fully saturated rings. The van der Waals surface area contributed by atoms with Crippen molar-refractivity contribution in [3.8, 4) is 5.75 Å². The Balaban J connectivity index is 1.91. The van der Waals surface area contributed by atoms with Gasteiger partial charge in [0.2, 0.25) is 0 Å². The molecule has 0 atom stereocenters. The van der Waals surface area contributed by atoms with Crippen LogP contribution in [0, 0.1) is 5.92 Å². The molecule has 0 radical (unpaired) electrons. The molecule has 0 saturated carbocycles. The second-order valence-electron chi connectivity index (χ2n) is 4.38. The minimum atomic E-state index is 0.799. The van der Waals surface area contributed by atoms with Crippen molar-refractivity contribution in [1.29, 1.82) is 0 Å². The molecule has 15 heavy (non-hydrogen) atoms. The molecule has 3 rings (SSSR count). The Labute approximate surface area is 98.1 Å². The van der Waals surface area contributed by atoms with Crippen LogP contribution in [0.1, 0.15) is 11.1 Å². The summed E-state index contributed by atoms with van der Waals surface area (Å²) in [7, 11) is 0. The number of benzene rings is 1. The van der Waals surface area contributed by atoms with Crippen molar-refractivity contribution in [1.82, 2.24) is 5.32 Å². The molecule has 1 aromatic carbocycles. The minimum Gasteiger partial charge on any atom is -0.493 e. The van der Waals surface area contributed by atoms with Gasteiger partial charge in [-0.05, 0) is 48.7 Å². The molecule has 0 aromatic heterocycles. The Kier molecular flexibility index (Phi) is 2.45. The van der Waals surface area contributed by atoms with Gasteiger partial charge in [0.1, 0.15) is 5.75 Å². The highest BCUT2D eigenvalue weighted by molar-refractivity contribution is 9.10. The van der Waals surface area contributed by atoms with Gasteiger partial charge in [0.05, 0.1) is 6.61 Å². The van der Waals surface area contributed by atoms with Gasteiger partial charge in [-0.15, -0.1) is 0 Å². The first-order valence-electron chi connectivity index (χ1n) is 5.48. The van der Waals surface area contributed by atoms with Gasteiger partial charge in [0, 0.05) is 10.9 Å². The molecule has 80 valence electrons. The third-order valence-electron chi connectivity index (χ3n) is 3.20. The first kappa shape index (κ1) is 9.67. The van der Waals surface area contributed by atoms with Gasteiger partial charge in [-0.3, -0.25) is 0 Å². The summed E-state index contributed by atoms with van der Waals surface area (Å²) in [6, 6.07) is 4.40. The fourth-order valence-electron chi connectivity index (χ4n) is 2.30. The molecule has 2 heterocycles. The molecule has 0 bridgehead atoms. The number of ether oxygens (including phenoxy) is 1. The zero-order valence-corrected chi connectivity index (χ0v) is 10.1. The maximum atomic E-state index is 5.71. The highest BCUT2D eigenvalue weighted by Crippen LogP contribution is 2.34. The van der Waals surface area contributed by atoms with Gasteiger partial charge >= 0.3 is 0 Å². The fraction of sp³-hybridized carbons (Fsp3) is 0.500. The molecule has 1 saturated heterocycles. The Bertz CT molecular complexity index is 387. The lowest BCUT2D eigenvalue weighted by atomic mass is 9.93. The van der Waals surface area contributed by atoms with E-state index in [2.05, 4.69) is 33.4 Å². The van der Waals surface area contributed by atoms with E-state index >= 15 is 0 Å². The molecule has 0 spiro atoms. The van der Waals surface area contributed by atoms with E-state index in [1.54, 1.807) is 0 Å². The van der Waals surface area contributed by atoms with E-state index in [1.807, 2.05) is 0 Å². The van der Waals surface area contributed by atoms with Gasteiger partial charge in [0.25, 0.3) is 0 Å². The molecule has 3 heteroatoms. The maximum absolute atomic E-state index is 5.71. The molecule has 2 aliphatic heterocycles. The molecule has 0 unspecified atom stereocenters. The summed E-state index contributed by atoms with van der Waals surface area (Å²) in [5.74, 6) is 1.96. The monoisotopic (exact) mass is 267 g/mol. The Morgan fingerprint density at radius 1 is 1.40 bits per heavy atom. The van der Waals surface area contributed by atoms with Gasteiger partial charge < -0.3 is 10.1 Å². The Morgan fingerprint density at radius 2 is 2.27 bits per heavy atom. The zero-order chi connectivity index (χ0) is 10.3. The normalized spacial score (nSPS) is 19.5. The highest BCUT2D eigenvalue weighted by atomic mass is 79.9. The molecule has 1 N–H and O–H groups in total. The molecular weight excluding hydrogens is 254 g/mol. The number of halogens is 1. The van der Waals surface area contributed by atoms with Crippen LogP contribution in [0.25, 0.3) is 0 Å². The summed E-state index contributed by atoms with van der Waals surface area (Å²) in [4.78, 5) is 0. The summed E-state index contributed by atoms with van der Waals surface area (Å²) < 4.78 is 6.90. The average molecular weight is 268 g/mol. The van der Waals surface area contributed by atoms with Gasteiger partial charge in [-0.25, -0.2) is 0 Å². The summed E-state index contributed by atoms with van der Waals surface area (Å²) in [6.07, 6.45) is 2.21. The number of fused-ring (bicyclic) bond motifs is 1. The van der Waals surface area contributed by atoms with Crippen LogP contribution in [0.4, 0.5) is 0 Å². The van der Waals surface area contributed by atoms with Gasteiger partial charge in [-0.2, -0.15) is 0 Å². The molecule has 2 nitrogen and oxygen atoms in total. The third-order valence-corrected chi connectivity index (χ3v) is 3.66. The third kappa shape index (κ3) is 1.79. The fourth-order valence-corrected chi connectivity index (χ4v) is 2.85. The Morgan fingerprint density at radius 3 is 3.00 bits per heavy atom. The standard InChI is InChI=1S/C12H14BrNO/c13-11-4-9-1-2-15-12(9)10(5-11)3-8-6-14-7-8/h4-5,8,14H,1-3,6-7H2. The van der Waals surface area contributed by atoms with Crippen molar-refractivity contribution >= 4 is 15.9 Å². The maximum Gasteiger partial charge on any atom is 0.125 e. The largest absolute Gasteiger partial charge is 0.493 e. The summed E-state index contributed by atoms with van der Waals surface area (Å²) in [5.41, 5.74) is 2.75. The first-order valence-corrected chi connectivity index (χ1v) is 6.27. The summed E-state index contributed by atoms with van der Waals surface area (Å²) in [6.45, 7) is 3.16. The van der Waals surface area contributed by atoms with Crippen LogP contribution in [0.5, 0.6) is 5.75 Å². The van der Waals surface area contributed by atoms with Gasteiger partial charge in [-0.1, -0.05) is 15.9 Å². The predicted octanol–water partition coefficient (Wildman–Crippen LogP) is 2.15. The van der Waals surface area contributed by atoms with Crippen molar-refractivity contribution in [3.05, 3.63) is 27.7 Å². The molecular formula is C12H14BrNO. The number of rotatable bonds is 2. The molecule has 2 aliphatic rings. The average Bonchev–Trinajstić information content (AvgIpc) is 2.58. The molecule has 1 aromatic rings. The van der Waals surface area contributed by atoms with E-state index in [0.29, 0.717) is 0 Å². The van der Waals surface area contributed by atoms with Crippen LogP contribution in [0.3, 0.4) is 0 Å².